The Morgan fingerprint density at radius 1 is 0.967 bits per heavy atom. The number of piperazine rings is 1. The zero-order chi connectivity index (χ0) is 21.1. The number of carbonyl (C=O) groups excluding carboxylic acids is 2. The van der Waals surface area contributed by atoms with Crippen LogP contribution < -0.4 is 0 Å². The topological polar surface area (TPSA) is 43.9 Å². The Hall–Kier alpha value is -2.73. The molecule has 2 aromatic rings. The normalized spacial score (nSPS) is 20.1. The van der Waals surface area contributed by atoms with Gasteiger partial charge in [-0.15, -0.1) is 0 Å². The number of hydrogen-bond acceptors (Lipinski definition) is 3. The lowest BCUT2D eigenvalue weighted by atomic mass is 10.1. The molecule has 1 atom stereocenters. The summed E-state index contributed by atoms with van der Waals surface area (Å²) in [6.07, 6.45) is 1.24. The van der Waals surface area contributed by atoms with Gasteiger partial charge in [-0.1, -0.05) is 42.0 Å². The summed E-state index contributed by atoms with van der Waals surface area (Å²) in [5.74, 6) is -0.147. The summed E-state index contributed by atoms with van der Waals surface area (Å²) in [5.41, 5.74) is 3.09. The Labute approximate surface area is 177 Å². The summed E-state index contributed by atoms with van der Waals surface area (Å²) in [6, 6.07) is 14.0. The largest absolute Gasteiger partial charge is 0.340 e. The van der Waals surface area contributed by atoms with Crippen molar-refractivity contribution in [3.8, 4) is 0 Å². The number of benzene rings is 2. The number of halogens is 1. The third-order valence-corrected chi connectivity index (χ3v) is 6.08. The Morgan fingerprint density at radius 2 is 1.67 bits per heavy atom. The van der Waals surface area contributed by atoms with Gasteiger partial charge in [0, 0.05) is 39.3 Å². The van der Waals surface area contributed by atoms with Crippen LogP contribution in [0.2, 0.25) is 0 Å². The van der Waals surface area contributed by atoms with Crippen molar-refractivity contribution in [2.45, 2.75) is 32.4 Å². The highest BCUT2D eigenvalue weighted by atomic mass is 19.1. The van der Waals surface area contributed by atoms with E-state index >= 15 is 0 Å². The van der Waals surface area contributed by atoms with E-state index in [1.165, 1.54) is 17.7 Å². The molecule has 2 saturated heterocycles. The van der Waals surface area contributed by atoms with Gasteiger partial charge in [0.05, 0.1) is 6.42 Å². The molecule has 0 aromatic heterocycles. The van der Waals surface area contributed by atoms with Crippen LogP contribution in [0.4, 0.5) is 4.39 Å². The first-order valence-corrected chi connectivity index (χ1v) is 10.6. The molecule has 158 valence electrons. The van der Waals surface area contributed by atoms with Crippen molar-refractivity contribution in [1.82, 2.24) is 14.7 Å². The van der Waals surface area contributed by atoms with Crippen molar-refractivity contribution in [2.75, 3.05) is 32.7 Å². The summed E-state index contributed by atoms with van der Waals surface area (Å²) in [6.45, 7) is 5.91. The van der Waals surface area contributed by atoms with Crippen molar-refractivity contribution in [3.63, 3.8) is 0 Å². The van der Waals surface area contributed by atoms with Gasteiger partial charge in [0.25, 0.3) is 0 Å². The van der Waals surface area contributed by atoms with Crippen LogP contribution in [-0.4, -0.2) is 65.3 Å². The molecule has 0 bridgehead atoms. The fraction of sp³-hybridized carbons (Fsp3) is 0.417. The van der Waals surface area contributed by atoms with Gasteiger partial charge in [-0.3, -0.25) is 14.5 Å². The van der Waals surface area contributed by atoms with Gasteiger partial charge in [-0.2, -0.15) is 0 Å². The van der Waals surface area contributed by atoms with E-state index in [0.717, 1.165) is 30.6 Å². The van der Waals surface area contributed by atoms with Crippen LogP contribution in [0.3, 0.4) is 0 Å². The van der Waals surface area contributed by atoms with E-state index in [4.69, 9.17) is 0 Å². The number of hydrogen-bond donors (Lipinski definition) is 0. The lowest BCUT2D eigenvalue weighted by molar-refractivity contribution is -0.143. The summed E-state index contributed by atoms with van der Waals surface area (Å²) in [4.78, 5) is 32.1. The SMILES string of the molecule is Cc1ccc(CC(=O)N2CCCN3CCN(Cc4ccc(F)cc4)C(=O)C3C2)cc1. The van der Waals surface area contributed by atoms with E-state index in [1.54, 1.807) is 12.1 Å². The standard InChI is InChI=1S/C24H28FN3O2/c1-18-3-5-19(6-4-18)15-23(29)27-12-2-11-26-13-14-28(24(30)22(26)17-27)16-20-7-9-21(25)10-8-20/h3-10,22H,2,11-17H2,1H3. The van der Waals surface area contributed by atoms with Crippen LogP contribution in [0, 0.1) is 12.7 Å². The van der Waals surface area contributed by atoms with Crippen LogP contribution in [0.15, 0.2) is 48.5 Å². The molecule has 2 amide bonds. The Balaban J connectivity index is 1.43. The average Bonchev–Trinajstić information content (AvgIpc) is 2.97. The van der Waals surface area contributed by atoms with Crippen LogP contribution in [0.1, 0.15) is 23.1 Å². The Kier molecular flexibility index (Phi) is 6.13. The molecule has 30 heavy (non-hydrogen) atoms. The summed E-state index contributed by atoms with van der Waals surface area (Å²) in [5, 5.41) is 0. The van der Waals surface area contributed by atoms with Crippen LogP contribution in [0.25, 0.3) is 0 Å². The minimum absolute atomic E-state index is 0.0561. The molecule has 6 heteroatoms. The van der Waals surface area contributed by atoms with Crippen molar-refractivity contribution >= 4 is 11.8 Å². The number of fused-ring (bicyclic) bond motifs is 1. The van der Waals surface area contributed by atoms with Crippen molar-refractivity contribution in [3.05, 3.63) is 71.0 Å². The quantitative estimate of drug-likeness (QED) is 0.780. The maximum absolute atomic E-state index is 13.2. The molecule has 2 aromatic carbocycles. The highest BCUT2D eigenvalue weighted by molar-refractivity contribution is 5.85. The summed E-state index contributed by atoms with van der Waals surface area (Å²) in [7, 11) is 0. The first-order valence-electron chi connectivity index (χ1n) is 10.6. The lowest BCUT2D eigenvalue weighted by Crippen LogP contribution is -2.59. The molecule has 2 heterocycles. The molecular formula is C24H28FN3O2. The fourth-order valence-electron chi connectivity index (χ4n) is 4.29. The maximum Gasteiger partial charge on any atom is 0.242 e. The minimum atomic E-state index is -0.302. The van der Waals surface area contributed by atoms with E-state index in [-0.39, 0.29) is 23.7 Å². The molecule has 0 spiro atoms. The molecule has 2 aliphatic rings. The minimum Gasteiger partial charge on any atom is -0.340 e. The van der Waals surface area contributed by atoms with Gasteiger partial charge in [0.15, 0.2) is 0 Å². The van der Waals surface area contributed by atoms with Gasteiger partial charge in [0.1, 0.15) is 11.9 Å². The Morgan fingerprint density at radius 3 is 2.40 bits per heavy atom. The van der Waals surface area contributed by atoms with E-state index in [2.05, 4.69) is 4.90 Å². The van der Waals surface area contributed by atoms with Gasteiger partial charge in [-0.05, 0) is 36.6 Å². The molecule has 0 radical (unpaired) electrons. The average molecular weight is 410 g/mol. The predicted octanol–water partition coefficient (Wildman–Crippen LogP) is 2.62. The first kappa shape index (κ1) is 20.5. The zero-order valence-corrected chi connectivity index (χ0v) is 17.4. The second-order valence-corrected chi connectivity index (χ2v) is 8.29. The second kappa shape index (κ2) is 8.96. The molecule has 2 aliphatic heterocycles. The lowest BCUT2D eigenvalue weighted by Gasteiger charge is -2.40. The van der Waals surface area contributed by atoms with Gasteiger partial charge < -0.3 is 9.80 Å². The molecule has 0 aliphatic carbocycles. The van der Waals surface area contributed by atoms with Crippen molar-refractivity contribution < 1.29 is 14.0 Å². The highest BCUT2D eigenvalue weighted by Crippen LogP contribution is 2.20. The predicted molar refractivity (Wildman–Crippen MR) is 113 cm³/mol. The maximum atomic E-state index is 13.2. The van der Waals surface area contributed by atoms with Gasteiger partial charge in [0.2, 0.25) is 11.8 Å². The molecular weight excluding hydrogens is 381 g/mol. The molecule has 0 saturated carbocycles. The first-order chi connectivity index (χ1) is 14.5. The van der Waals surface area contributed by atoms with Crippen molar-refractivity contribution in [1.29, 1.82) is 0 Å². The molecule has 2 fully saturated rings. The second-order valence-electron chi connectivity index (χ2n) is 8.29. The van der Waals surface area contributed by atoms with E-state index in [0.29, 0.717) is 32.6 Å². The smallest absolute Gasteiger partial charge is 0.242 e. The molecule has 1 unspecified atom stereocenters. The fourth-order valence-corrected chi connectivity index (χ4v) is 4.29. The van der Waals surface area contributed by atoms with Gasteiger partial charge in [-0.25, -0.2) is 4.39 Å². The number of amides is 2. The van der Waals surface area contributed by atoms with Crippen LogP contribution in [-0.2, 0) is 22.6 Å². The van der Waals surface area contributed by atoms with Crippen LogP contribution >= 0.6 is 0 Å². The number of carbonyl (C=O) groups is 2. The summed E-state index contributed by atoms with van der Waals surface area (Å²) >= 11 is 0. The highest BCUT2D eigenvalue weighted by Gasteiger charge is 2.38. The molecule has 4 rings (SSSR count). The monoisotopic (exact) mass is 409 g/mol. The number of aryl methyl sites for hydroxylation is 1. The number of nitrogens with zero attached hydrogens (tertiary/aromatic N) is 3. The van der Waals surface area contributed by atoms with Gasteiger partial charge >= 0.3 is 0 Å². The summed E-state index contributed by atoms with van der Waals surface area (Å²) < 4.78 is 13.2. The van der Waals surface area contributed by atoms with Crippen molar-refractivity contribution in [2.24, 2.45) is 0 Å². The van der Waals surface area contributed by atoms with Crippen LogP contribution in [0.5, 0.6) is 0 Å². The Bertz CT molecular complexity index is 898. The van der Waals surface area contributed by atoms with E-state index in [1.807, 2.05) is 41.0 Å². The molecule has 0 N–H and O–H groups in total. The van der Waals surface area contributed by atoms with E-state index in [9.17, 15) is 14.0 Å². The zero-order valence-electron chi connectivity index (χ0n) is 17.4. The third-order valence-electron chi connectivity index (χ3n) is 6.08. The number of rotatable bonds is 4. The third kappa shape index (κ3) is 4.70. The van der Waals surface area contributed by atoms with E-state index < -0.39 is 0 Å². The molecule has 5 nitrogen and oxygen atoms in total.